The SMILES string of the molecule is C[C@]1(O)C(O)[C@@H](CO)O[C@H]1n1ccc(O)cc1=O. The quantitative estimate of drug-likeness (QED) is 0.516. The average Bonchev–Trinajstić information content (AvgIpc) is 2.52. The Bertz CT molecular complexity index is 497. The highest BCUT2D eigenvalue weighted by Crippen LogP contribution is 2.37. The summed E-state index contributed by atoms with van der Waals surface area (Å²) in [6.07, 6.45) is -2.15. The zero-order chi connectivity index (χ0) is 13.5. The first-order valence-electron chi connectivity index (χ1n) is 5.46. The number of ether oxygens (including phenoxy) is 1. The number of nitrogens with zero attached hydrogens (tertiary/aromatic N) is 1. The van der Waals surface area contributed by atoms with Crippen LogP contribution in [0.4, 0.5) is 0 Å². The molecule has 0 bridgehead atoms. The smallest absolute Gasteiger partial charge is 0.256 e. The predicted octanol–water partition coefficient (Wildman–Crippen LogP) is -1.44. The van der Waals surface area contributed by atoms with Gasteiger partial charge in [0, 0.05) is 12.3 Å². The van der Waals surface area contributed by atoms with Crippen LogP contribution in [0.2, 0.25) is 0 Å². The summed E-state index contributed by atoms with van der Waals surface area (Å²) in [5.41, 5.74) is -2.29. The molecular weight excluding hydrogens is 242 g/mol. The molecule has 2 rings (SSSR count). The minimum Gasteiger partial charge on any atom is -0.508 e. The second-order valence-corrected chi connectivity index (χ2v) is 4.51. The molecule has 18 heavy (non-hydrogen) atoms. The van der Waals surface area contributed by atoms with Gasteiger partial charge in [0.15, 0.2) is 6.23 Å². The van der Waals surface area contributed by atoms with E-state index in [1.165, 1.54) is 19.2 Å². The van der Waals surface area contributed by atoms with Gasteiger partial charge < -0.3 is 25.2 Å². The fourth-order valence-corrected chi connectivity index (χ4v) is 2.06. The zero-order valence-electron chi connectivity index (χ0n) is 9.72. The van der Waals surface area contributed by atoms with Crippen molar-refractivity contribution < 1.29 is 25.2 Å². The van der Waals surface area contributed by atoms with Gasteiger partial charge in [0.1, 0.15) is 23.6 Å². The summed E-state index contributed by atoms with van der Waals surface area (Å²) in [4.78, 5) is 11.7. The molecule has 1 aromatic rings. The number of rotatable bonds is 2. The van der Waals surface area contributed by atoms with Crippen molar-refractivity contribution in [2.75, 3.05) is 6.61 Å². The van der Waals surface area contributed by atoms with Gasteiger partial charge in [-0.3, -0.25) is 9.36 Å². The van der Waals surface area contributed by atoms with Crippen molar-refractivity contribution in [3.63, 3.8) is 0 Å². The number of hydrogen-bond donors (Lipinski definition) is 4. The van der Waals surface area contributed by atoms with Crippen LogP contribution in [-0.2, 0) is 4.74 Å². The van der Waals surface area contributed by atoms with Crippen LogP contribution >= 0.6 is 0 Å². The Kier molecular flexibility index (Phi) is 3.16. The van der Waals surface area contributed by atoms with Gasteiger partial charge in [0.2, 0.25) is 0 Å². The molecule has 1 fully saturated rings. The van der Waals surface area contributed by atoms with Crippen LogP contribution in [0, 0.1) is 0 Å². The highest BCUT2D eigenvalue weighted by molar-refractivity contribution is 5.16. The second kappa shape index (κ2) is 4.36. The van der Waals surface area contributed by atoms with Crippen molar-refractivity contribution in [3.8, 4) is 5.75 Å². The summed E-state index contributed by atoms with van der Waals surface area (Å²) in [6.45, 7) is 0.845. The average molecular weight is 257 g/mol. The highest BCUT2D eigenvalue weighted by atomic mass is 16.6. The largest absolute Gasteiger partial charge is 0.508 e. The molecule has 4 N–H and O–H groups in total. The van der Waals surface area contributed by atoms with Crippen molar-refractivity contribution in [2.45, 2.75) is 31.0 Å². The Labute approximate surface area is 102 Å². The van der Waals surface area contributed by atoms with Crippen LogP contribution in [0.1, 0.15) is 13.2 Å². The molecular formula is C11H15NO6. The number of aliphatic hydroxyl groups is 3. The maximum atomic E-state index is 11.7. The van der Waals surface area contributed by atoms with Gasteiger partial charge in [-0.1, -0.05) is 0 Å². The summed E-state index contributed by atoms with van der Waals surface area (Å²) in [6, 6.07) is 2.23. The lowest BCUT2D eigenvalue weighted by Gasteiger charge is -2.27. The summed E-state index contributed by atoms with van der Waals surface area (Å²) in [7, 11) is 0. The lowest BCUT2D eigenvalue weighted by Crippen LogP contribution is -2.45. The molecule has 2 heterocycles. The first-order chi connectivity index (χ1) is 8.37. The molecule has 4 atom stereocenters. The van der Waals surface area contributed by atoms with Crippen LogP contribution < -0.4 is 5.56 Å². The van der Waals surface area contributed by atoms with E-state index < -0.39 is 36.2 Å². The minimum atomic E-state index is -1.71. The lowest BCUT2D eigenvalue weighted by molar-refractivity contribution is -0.0982. The predicted molar refractivity (Wildman–Crippen MR) is 60.0 cm³/mol. The van der Waals surface area contributed by atoms with Gasteiger partial charge in [-0.05, 0) is 13.0 Å². The molecule has 7 heteroatoms. The van der Waals surface area contributed by atoms with Crippen LogP contribution in [0.5, 0.6) is 5.75 Å². The van der Waals surface area contributed by atoms with E-state index in [9.17, 15) is 15.0 Å². The number of pyridine rings is 1. The third kappa shape index (κ3) is 1.91. The Morgan fingerprint density at radius 1 is 1.56 bits per heavy atom. The fourth-order valence-electron chi connectivity index (χ4n) is 2.06. The third-order valence-electron chi connectivity index (χ3n) is 3.12. The van der Waals surface area contributed by atoms with Gasteiger partial charge in [0.25, 0.3) is 5.56 Å². The lowest BCUT2D eigenvalue weighted by atomic mass is 9.96. The normalized spacial score (nSPS) is 35.9. The van der Waals surface area contributed by atoms with Gasteiger partial charge in [-0.2, -0.15) is 0 Å². The first kappa shape index (κ1) is 13.0. The van der Waals surface area contributed by atoms with Crippen molar-refractivity contribution in [1.82, 2.24) is 4.57 Å². The van der Waals surface area contributed by atoms with E-state index >= 15 is 0 Å². The Morgan fingerprint density at radius 3 is 2.72 bits per heavy atom. The third-order valence-corrected chi connectivity index (χ3v) is 3.12. The Morgan fingerprint density at radius 2 is 2.22 bits per heavy atom. The summed E-state index contributed by atoms with van der Waals surface area (Å²) in [5, 5.41) is 38.1. The summed E-state index contributed by atoms with van der Waals surface area (Å²) >= 11 is 0. The maximum Gasteiger partial charge on any atom is 0.256 e. The van der Waals surface area contributed by atoms with E-state index in [0.29, 0.717) is 0 Å². The fraction of sp³-hybridized carbons (Fsp3) is 0.545. The van der Waals surface area contributed by atoms with Gasteiger partial charge >= 0.3 is 0 Å². The van der Waals surface area contributed by atoms with Crippen LogP contribution in [-0.4, -0.2) is 49.4 Å². The molecule has 0 amide bonds. The summed E-state index contributed by atoms with van der Waals surface area (Å²) < 4.78 is 6.33. The number of aromatic hydroxyl groups is 1. The van der Waals surface area contributed by atoms with Crippen LogP contribution in [0.25, 0.3) is 0 Å². The van der Waals surface area contributed by atoms with Gasteiger partial charge in [0.05, 0.1) is 6.61 Å². The van der Waals surface area contributed by atoms with Gasteiger partial charge in [-0.15, -0.1) is 0 Å². The Balaban J connectivity index is 2.42. The van der Waals surface area contributed by atoms with E-state index in [1.807, 2.05) is 0 Å². The second-order valence-electron chi connectivity index (χ2n) is 4.51. The molecule has 1 aliphatic heterocycles. The molecule has 0 spiro atoms. The number of hydrogen-bond acceptors (Lipinski definition) is 6. The maximum absolute atomic E-state index is 11.7. The Hall–Kier alpha value is -1.41. The number of aliphatic hydroxyl groups excluding tert-OH is 2. The molecule has 1 aliphatic rings. The molecule has 1 unspecified atom stereocenters. The highest BCUT2D eigenvalue weighted by Gasteiger charge is 2.52. The van der Waals surface area contributed by atoms with Crippen molar-refractivity contribution in [1.29, 1.82) is 0 Å². The van der Waals surface area contributed by atoms with Crippen molar-refractivity contribution in [3.05, 3.63) is 28.7 Å². The van der Waals surface area contributed by atoms with E-state index in [4.69, 9.17) is 14.9 Å². The molecule has 0 radical (unpaired) electrons. The molecule has 0 saturated carbocycles. The topological polar surface area (TPSA) is 112 Å². The summed E-state index contributed by atoms with van der Waals surface area (Å²) in [5.74, 6) is -0.201. The molecule has 0 aliphatic carbocycles. The van der Waals surface area contributed by atoms with Gasteiger partial charge in [-0.25, -0.2) is 0 Å². The van der Waals surface area contributed by atoms with E-state index in [1.54, 1.807) is 0 Å². The van der Waals surface area contributed by atoms with E-state index in [0.717, 1.165) is 10.6 Å². The van der Waals surface area contributed by atoms with Crippen molar-refractivity contribution >= 4 is 0 Å². The first-order valence-corrected chi connectivity index (χ1v) is 5.46. The molecule has 0 aromatic carbocycles. The monoisotopic (exact) mass is 257 g/mol. The van der Waals surface area contributed by atoms with E-state index in [2.05, 4.69) is 0 Å². The molecule has 1 saturated heterocycles. The van der Waals surface area contributed by atoms with Crippen LogP contribution in [0.15, 0.2) is 23.1 Å². The standard InChI is InChI=1S/C11H15NO6/c1-11(17)9(16)7(5-13)18-10(11)12-3-2-6(14)4-8(12)15/h2-4,7,9-10,13-14,16-17H,5H2,1H3/t7-,9?,10-,11+/m1/s1. The number of aromatic nitrogens is 1. The molecule has 1 aromatic heterocycles. The molecule has 100 valence electrons. The van der Waals surface area contributed by atoms with Crippen LogP contribution in [0.3, 0.4) is 0 Å². The minimum absolute atomic E-state index is 0.201. The molecule has 7 nitrogen and oxygen atoms in total. The van der Waals surface area contributed by atoms with E-state index in [-0.39, 0.29) is 5.75 Å². The van der Waals surface area contributed by atoms with Crippen molar-refractivity contribution in [2.24, 2.45) is 0 Å². The zero-order valence-corrected chi connectivity index (χ0v) is 9.72.